The smallest absolute Gasteiger partial charge is 0.258 e. The Balaban J connectivity index is 2.58. The maximum atomic E-state index is 11.4. The lowest BCUT2D eigenvalue weighted by Gasteiger charge is -2.06. The Hall–Kier alpha value is -2.07. The molecule has 0 N–H and O–H groups in total. The summed E-state index contributed by atoms with van der Waals surface area (Å²) in [6, 6.07) is 15.1. The molecule has 0 radical (unpaired) electrons. The normalized spacial score (nSPS) is 11.4. The molecule has 0 fully saturated rings. The third-order valence-corrected chi connectivity index (χ3v) is 3.86. The van der Waals surface area contributed by atoms with Gasteiger partial charge in [0, 0.05) is 11.0 Å². The molecule has 0 aliphatic heterocycles. The maximum absolute atomic E-state index is 11.4. The van der Waals surface area contributed by atoms with Gasteiger partial charge in [0.15, 0.2) is 0 Å². The van der Waals surface area contributed by atoms with Crippen LogP contribution >= 0.6 is 11.8 Å². The van der Waals surface area contributed by atoms with Gasteiger partial charge < -0.3 is 0 Å². The van der Waals surface area contributed by atoms with Crippen molar-refractivity contribution in [2.75, 3.05) is 6.26 Å². The lowest BCUT2D eigenvalue weighted by Crippen LogP contribution is -1.99. The molecule has 0 saturated carbocycles. The largest absolute Gasteiger partial charge is 0.278 e. The van der Waals surface area contributed by atoms with Crippen molar-refractivity contribution in [1.82, 2.24) is 0 Å². The summed E-state index contributed by atoms with van der Waals surface area (Å²) < 4.78 is 0. The first-order valence-electron chi connectivity index (χ1n) is 6.18. The van der Waals surface area contributed by atoms with E-state index in [-0.39, 0.29) is 10.6 Å². The van der Waals surface area contributed by atoms with Gasteiger partial charge in [-0.3, -0.25) is 10.1 Å². The van der Waals surface area contributed by atoms with Gasteiger partial charge in [-0.15, -0.1) is 11.8 Å². The first-order chi connectivity index (χ1) is 9.63. The number of benzene rings is 2. The summed E-state index contributed by atoms with van der Waals surface area (Å²) in [7, 11) is 0. The average molecular weight is 285 g/mol. The number of hydrogen-bond donors (Lipinski definition) is 0. The van der Waals surface area contributed by atoms with Crippen molar-refractivity contribution in [3.8, 4) is 0 Å². The predicted octanol–water partition coefficient (Wildman–Crippen LogP) is 4.49. The fourth-order valence-corrected chi connectivity index (χ4v) is 2.59. The van der Waals surface area contributed by atoms with E-state index >= 15 is 0 Å². The molecule has 4 heteroatoms. The van der Waals surface area contributed by atoms with Crippen molar-refractivity contribution in [1.29, 1.82) is 0 Å². The van der Waals surface area contributed by atoms with E-state index in [1.165, 1.54) is 11.8 Å². The minimum absolute atomic E-state index is 0.129. The van der Waals surface area contributed by atoms with E-state index in [0.717, 1.165) is 16.0 Å². The Kier molecular flexibility index (Phi) is 4.58. The van der Waals surface area contributed by atoms with Crippen LogP contribution in [0.5, 0.6) is 0 Å². The number of hydrogen-bond acceptors (Lipinski definition) is 3. The van der Waals surface area contributed by atoms with Gasteiger partial charge in [0.25, 0.3) is 5.70 Å². The topological polar surface area (TPSA) is 43.1 Å². The summed E-state index contributed by atoms with van der Waals surface area (Å²) >= 11 is 1.51. The van der Waals surface area contributed by atoms with Crippen molar-refractivity contribution >= 4 is 23.5 Å². The summed E-state index contributed by atoms with van der Waals surface area (Å²) in [6.07, 6.45) is 3.56. The number of thioether (sulfide) groups is 1. The summed E-state index contributed by atoms with van der Waals surface area (Å²) in [6.45, 7) is 1.95. The number of nitrogens with zero attached hydrogens (tertiary/aromatic N) is 1. The SMILES string of the molecule is CSc1ccccc1/C(=C\c1ccccc1C)[N+](=O)[O-]. The highest BCUT2D eigenvalue weighted by Gasteiger charge is 2.18. The van der Waals surface area contributed by atoms with Crippen LogP contribution in [-0.2, 0) is 0 Å². The van der Waals surface area contributed by atoms with E-state index in [9.17, 15) is 10.1 Å². The molecule has 0 bridgehead atoms. The quantitative estimate of drug-likeness (QED) is 0.360. The lowest BCUT2D eigenvalue weighted by atomic mass is 10.1. The molecule has 0 aliphatic carbocycles. The molecular formula is C16H15NO2S. The Labute approximate surface area is 122 Å². The van der Waals surface area contributed by atoms with E-state index < -0.39 is 0 Å². The highest BCUT2D eigenvalue weighted by molar-refractivity contribution is 7.98. The van der Waals surface area contributed by atoms with E-state index in [1.807, 2.05) is 55.6 Å². The Morgan fingerprint density at radius 1 is 1.15 bits per heavy atom. The van der Waals surface area contributed by atoms with Gasteiger partial charge in [0.1, 0.15) is 0 Å². The first-order valence-corrected chi connectivity index (χ1v) is 7.41. The molecule has 0 heterocycles. The molecule has 2 aromatic carbocycles. The molecule has 3 nitrogen and oxygen atoms in total. The highest BCUT2D eigenvalue weighted by atomic mass is 32.2. The third-order valence-electron chi connectivity index (χ3n) is 3.06. The van der Waals surface area contributed by atoms with Crippen LogP contribution in [0.1, 0.15) is 16.7 Å². The zero-order chi connectivity index (χ0) is 14.5. The Morgan fingerprint density at radius 2 is 1.80 bits per heavy atom. The first kappa shape index (κ1) is 14.3. The second kappa shape index (κ2) is 6.39. The van der Waals surface area contributed by atoms with E-state index in [0.29, 0.717) is 5.56 Å². The minimum Gasteiger partial charge on any atom is -0.258 e. The predicted molar refractivity (Wildman–Crippen MR) is 84.3 cm³/mol. The standard InChI is InChI=1S/C16H15NO2S/c1-12-7-3-4-8-13(12)11-15(17(18)19)14-9-5-6-10-16(14)20-2/h3-11H,1-2H3/b15-11+. The van der Waals surface area contributed by atoms with Crippen LogP contribution in [-0.4, -0.2) is 11.2 Å². The molecule has 2 rings (SSSR count). The Morgan fingerprint density at radius 3 is 2.45 bits per heavy atom. The highest BCUT2D eigenvalue weighted by Crippen LogP contribution is 2.28. The van der Waals surface area contributed by atoms with E-state index in [4.69, 9.17) is 0 Å². The van der Waals surface area contributed by atoms with Gasteiger partial charge in [0.05, 0.1) is 10.5 Å². The van der Waals surface area contributed by atoms with Gasteiger partial charge in [-0.1, -0.05) is 36.4 Å². The van der Waals surface area contributed by atoms with Crippen molar-refractivity contribution in [2.45, 2.75) is 11.8 Å². The van der Waals surface area contributed by atoms with Crippen LogP contribution in [0.25, 0.3) is 11.8 Å². The maximum Gasteiger partial charge on any atom is 0.278 e. The van der Waals surface area contributed by atoms with Gasteiger partial charge >= 0.3 is 0 Å². The molecule has 0 unspecified atom stereocenters. The van der Waals surface area contributed by atoms with Crippen LogP contribution < -0.4 is 0 Å². The van der Waals surface area contributed by atoms with E-state index in [1.54, 1.807) is 12.1 Å². The summed E-state index contributed by atoms with van der Waals surface area (Å²) in [5, 5.41) is 11.4. The molecule has 2 aromatic rings. The van der Waals surface area contributed by atoms with Gasteiger partial charge in [-0.05, 0) is 36.4 Å². The van der Waals surface area contributed by atoms with Crippen LogP contribution in [0.3, 0.4) is 0 Å². The second-order valence-corrected chi connectivity index (χ2v) is 5.19. The summed E-state index contributed by atoms with van der Waals surface area (Å²) in [4.78, 5) is 12.0. The monoisotopic (exact) mass is 285 g/mol. The molecule has 20 heavy (non-hydrogen) atoms. The molecule has 0 spiro atoms. The third kappa shape index (κ3) is 3.08. The zero-order valence-electron chi connectivity index (χ0n) is 11.4. The van der Waals surface area contributed by atoms with Crippen molar-refractivity contribution in [3.63, 3.8) is 0 Å². The Bertz CT molecular complexity index is 665. The van der Waals surface area contributed by atoms with Crippen molar-refractivity contribution in [2.24, 2.45) is 0 Å². The lowest BCUT2D eigenvalue weighted by molar-refractivity contribution is -0.374. The number of nitro groups is 1. The molecule has 0 saturated heterocycles. The molecule has 0 amide bonds. The van der Waals surface area contributed by atoms with Gasteiger partial charge in [-0.25, -0.2) is 0 Å². The zero-order valence-corrected chi connectivity index (χ0v) is 12.2. The number of rotatable bonds is 4. The van der Waals surface area contributed by atoms with Crippen LogP contribution in [0.4, 0.5) is 0 Å². The molecule has 0 atom stereocenters. The fraction of sp³-hybridized carbons (Fsp3) is 0.125. The van der Waals surface area contributed by atoms with Crippen LogP contribution in [0.2, 0.25) is 0 Å². The summed E-state index contributed by atoms with van der Waals surface area (Å²) in [5.41, 5.74) is 2.68. The second-order valence-electron chi connectivity index (χ2n) is 4.34. The fourth-order valence-electron chi connectivity index (χ4n) is 1.98. The molecule has 0 aliphatic rings. The number of aryl methyl sites for hydroxylation is 1. The van der Waals surface area contributed by atoms with E-state index in [2.05, 4.69) is 0 Å². The molecule has 102 valence electrons. The summed E-state index contributed by atoms with van der Waals surface area (Å²) in [5.74, 6) is 0. The average Bonchev–Trinajstić information content (AvgIpc) is 2.46. The molecule has 0 aromatic heterocycles. The molecular weight excluding hydrogens is 270 g/mol. The van der Waals surface area contributed by atoms with Gasteiger partial charge in [-0.2, -0.15) is 0 Å². The van der Waals surface area contributed by atoms with Crippen molar-refractivity contribution < 1.29 is 4.92 Å². The van der Waals surface area contributed by atoms with Crippen molar-refractivity contribution in [3.05, 3.63) is 75.3 Å². The minimum atomic E-state index is -0.318. The van der Waals surface area contributed by atoms with Crippen LogP contribution in [0, 0.1) is 17.0 Å². The van der Waals surface area contributed by atoms with Gasteiger partial charge in [0.2, 0.25) is 0 Å². The van der Waals surface area contributed by atoms with Crippen LogP contribution in [0.15, 0.2) is 53.4 Å².